The Kier molecular flexibility index (Phi) is 4.80. The molecule has 3 aromatic rings. The molecule has 1 N–H and O–H groups in total. The lowest BCUT2D eigenvalue weighted by molar-refractivity contribution is 0.0949. The summed E-state index contributed by atoms with van der Waals surface area (Å²) >= 11 is 3.44. The van der Waals surface area contributed by atoms with Crippen LogP contribution < -0.4 is 10.2 Å². The van der Waals surface area contributed by atoms with Crippen molar-refractivity contribution in [3.8, 4) is 0 Å². The summed E-state index contributed by atoms with van der Waals surface area (Å²) in [5, 5.41) is 3.07. The molecule has 5 heteroatoms. The van der Waals surface area contributed by atoms with Crippen LogP contribution in [-0.2, 0) is 6.42 Å². The fraction of sp³-hybridized carbons (Fsp3) is 0.190. The van der Waals surface area contributed by atoms with E-state index in [4.69, 9.17) is 4.42 Å². The molecule has 0 bridgehead atoms. The number of furan rings is 1. The summed E-state index contributed by atoms with van der Waals surface area (Å²) in [6.45, 7) is 1.39. The van der Waals surface area contributed by atoms with Crippen LogP contribution in [0.3, 0.4) is 0 Å². The van der Waals surface area contributed by atoms with Gasteiger partial charge in [0.05, 0.1) is 11.8 Å². The van der Waals surface area contributed by atoms with E-state index in [-0.39, 0.29) is 11.9 Å². The number of rotatable bonds is 5. The number of hydrogen-bond acceptors (Lipinski definition) is 3. The Morgan fingerprint density at radius 3 is 2.73 bits per heavy atom. The lowest BCUT2D eigenvalue weighted by atomic mass is 10.1. The first-order valence-corrected chi connectivity index (χ1v) is 9.44. The number of nitrogens with zero attached hydrogens (tertiary/aromatic N) is 1. The zero-order chi connectivity index (χ0) is 17.9. The Labute approximate surface area is 160 Å². The van der Waals surface area contributed by atoms with Crippen LogP contribution in [0.1, 0.15) is 27.7 Å². The van der Waals surface area contributed by atoms with Gasteiger partial charge >= 0.3 is 0 Å². The molecular formula is C21H19BrN2O2. The maximum Gasteiger partial charge on any atom is 0.252 e. The third kappa shape index (κ3) is 3.27. The molecule has 0 saturated carbocycles. The van der Waals surface area contributed by atoms with Crippen LogP contribution in [0.2, 0.25) is 0 Å². The summed E-state index contributed by atoms with van der Waals surface area (Å²) in [4.78, 5) is 14.9. The molecule has 4 rings (SSSR count). The number of anilines is 1. The van der Waals surface area contributed by atoms with Gasteiger partial charge in [0.15, 0.2) is 0 Å². The number of para-hydroxylation sites is 1. The van der Waals surface area contributed by atoms with E-state index in [0.717, 1.165) is 23.2 Å². The highest BCUT2D eigenvalue weighted by Gasteiger charge is 2.29. The molecule has 1 aliphatic heterocycles. The quantitative estimate of drug-likeness (QED) is 0.669. The van der Waals surface area contributed by atoms with Gasteiger partial charge in [-0.2, -0.15) is 0 Å². The average Bonchev–Trinajstić information content (AvgIpc) is 3.33. The zero-order valence-corrected chi connectivity index (χ0v) is 15.8. The maximum absolute atomic E-state index is 12.6. The van der Waals surface area contributed by atoms with E-state index < -0.39 is 0 Å². The first kappa shape index (κ1) is 16.9. The minimum Gasteiger partial charge on any atom is -0.467 e. The monoisotopic (exact) mass is 410 g/mol. The molecule has 0 spiro atoms. The molecule has 1 aromatic heterocycles. The normalized spacial score (nSPS) is 14.1. The third-order valence-electron chi connectivity index (χ3n) is 4.75. The average molecular weight is 411 g/mol. The van der Waals surface area contributed by atoms with Gasteiger partial charge in [0.2, 0.25) is 0 Å². The fourth-order valence-electron chi connectivity index (χ4n) is 3.46. The van der Waals surface area contributed by atoms with E-state index in [1.807, 2.05) is 36.4 Å². The Hall–Kier alpha value is -2.53. The fourth-order valence-corrected chi connectivity index (χ4v) is 3.93. The lowest BCUT2D eigenvalue weighted by Gasteiger charge is -2.29. The highest BCUT2D eigenvalue weighted by molar-refractivity contribution is 9.10. The van der Waals surface area contributed by atoms with Gasteiger partial charge in [-0.1, -0.05) is 30.3 Å². The first-order chi connectivity index (χ1) is 12.7. The van der Waals surface area contributed by atoms with E-state index in [9.17, 15) is 4.79 Å². The summed E-state index contributed by atoms with van der Waals surface area (Å²) in [5.74, 6) is 0.760. The minimum absolute atomic E-state index is 0.0416. The van der Waals surface area contributed by atoms with Gasteiger partial charge < -0.3 is 14.6 Å². The molecule has 0 radical (unpaired) electrons. The van der Waals surface area contributed by atoms with Crippen molar-refractivity contribution >= 4 is 27.5 Å². The molecule has 26 heavy (non-hydrogen) atoms. The predicted octanol–water partition coefficient (Wildman–Crippen LogP) is 4.58. The van der Waals surface area contributed by atoms with Gasteiger partial charge in [0.25, 0.3) is 5.91 Å². The molecule has 0 fully saturated rings. The number of hydrogen-bond donors (Lipinski definition) is 1. The molecule has 132 valence electrons. The molecule has 1 atom stereocenters. The van der Waals surface area contributed by atoms with Crippen LogP contribution in [0.25, 0.3) is 0 Å². The van der Waals surface area contributed by atoms with Crippen molar-refractivity contribution in [3.05, 3.63) is 88.3 Å². The van der Waals surface area contributed by atoms with E-state index >= 15 is 0 Å². The van der Waals surface area contributed by atoms with Crippen LogP contribution in [-0.4, -0.2) is 19.0 Å². The van der Waals surface area contributed by atoms with Crippen LogP contribution in [0.4, 0.5) is 5.69 Å². The van der Waals surface area contributed by atoms with E-state index in [1.54, 1.807) is 6.26 Å². The Balaban J connectivity index is 1.56. The Bertz CT molecular complexity index is 908. The smallest absolute Gasteiger partial charge is 0.252 e. The molecular weight excluding hydrogens is 392 g/mol. The second kappa shape index (κ2) is 7.38. The molecule has 1 aliphatic rings. The Morgan fingerprint density at radius 2 is 1.92 bits per heavy atom. The minimum atomic E-state index is -0.0958. The molecule has 1 amide bonds. The number of fused-ring (bicyclic) bond motifs is 1. The predicted molar refractivity (Wildman–Crippen MR) is 105 cm³/mol. The van der Waals surface area contributed by atoms with Gasteiger partial charge in [0.1, 0.15) is 11.8 Å². The Morgan fingerprint density at radius 1 is 1.12 bits per heavy atom. The zero-order valence-electron chi connectivity index (χ0n) is 14.2. The van der Waals surface area contributed by atoms with E-state index in [1.165, 1.54) is 11.3 Å². The van der Waals surface area contributed by atoms with Crippen LogP contribution in [0, 0.1) is 0 Å². The van der Waals surface area contributed by atoms with Crippen LogP contribution in [0.5, 0.6) is 0 Å². The summed E-state index contributed by atoms with van der Waals surface area (Å²) in [6.07, 6.45) is 2.69. The van der Waals surface area contributed by atoms with Crippen molar-refractivity contribution in [3.63, 3.8) is 0 Å². The van der Waals surface area contributed by atoms with Crippen molar-refractivity contribution in [2.24, 2.45) is 0 Å². The van der Waals surface area contributed by atoms with Crippen LogP contribution in [0.15, 0.2) is 75.8 Å². The number of carbonyl (C=O) groups is 1. The van der Waals surface area contributed by atoms with Gasteiger partial charge in [-0.15, -0.1) is 0 Å². The molecule has 4 nitrogen and oxygen atoms in total. The highest BCUT2D eigenvalue weighted by Crippen LogP contribution is 2.35. The second-order valence-electron chi connectivity index (χ2n) is 6.29. The highest BCUT2D eigenvalue weighted by atomic mass is 79.9. The molecule has 0 saturated heterocycles. The largest absolute Gasteiger partial charge is 0.467 e. The van der Waals surface area contributed by atoms with Crippen molar-refractivity contribution in [1.82, 2.24) is 5.32 Å². The number of carbonyl (C=O) groups excluding carboxylic acids is 1. The SMILES string of the molecule is O=C(NC[C@H](c1ccco1)N1CCc2ccccc21)c1ccccc1Br. The number of nitrogens with one attached hydrogen (secondary N) is 1. The van der Waals surface area contributed by atoms with Crippen molar-refractivity contribution < 1.29 is 9.21 Å². The lowest BCUT2D eigenvalue weighted by Crippen LogP contribution is -2.37. The van der Waals surface area contributed by atoms with Crippen molar-refractivity contribution in [1.29, 1.82) is 0 Å². The summed E-state index contributed by atoms with van der Waals surface area (Å²) in [6, 6.07) is 19.7. The van der Waals surface area contributed by atoms with E-state index in [0.29, 0.717) is 12.1 Å². The molecule has 0 aliphatic carbocycles. The van der Waals surface area contributed by atoms with Crippen LogP contribution >= 0.6 is 15.9 Å². The van der Waals surface area contributed by atoms with Gasteiger partial charge in [0, 0.05) is 23.2 Å². The summed E-state index contributed by atoms with van der Waals surface area (Å²) < 4.78 is 6.47. The van der Waals surface area contributed by atoms with E-state index in [2.05, 4.69) is 50.4 Å². The number of benzene rings is 2. The standard InChI is InChI=1S/C21H19BrN2O2/c22-17-8-3-2-7-16(17)21(25)23-14-19(20-10-5-13-26-20)24-12-11-15-6-1-4-9-18(15)24/h1-10,13,19H,11-12,14H2,(H,23,25)/t19-/m1/s1. The van der Waals surface area contributed by atoms with Gasteiger partial charge in [-0.05, 0) is 58.2 Å². The maximum atomic E-state index is 12.6. The topological polar surface area (TPSA) is 45.5 Å². The number of amides is 1. The first-order valence-electron chi connectivity index (χ1n) is 8.65. The molecule has 0 unspecified atom stereocenters. The third-order valence-corrected chi connectivity index (χ3v) is 5.44. The summed E-state index contributed by atoms with van der Waals surface area (Å²) in [7, 11) is 0. The number of halogens is 1. The van der Waals surface area contributed by atoms with Crippen molar-refractivity contribution in [2.75, 3.05) is 18.0 Å². The van der Waals surface area contributed by atoms with Gasteiger partial charge in [-0.3, -0.25) is 4.79 Å². The molecule has 2 heterocycles. The molecule has 2 aromatic carbocycles. The second-order valence-corrected chi connectivity index (χ2v) is 7.15. The van der Waals surface area contributed by atoms with Gasteiger partial charge in [-0.25, -0.2) is 0 Å². The van der Waals surface area contributed by atoms with Crippen molar-refractivity contribution in [2.45, 2.75) is 12.5 Å². The summed E-state index contributed by atoms with van der Waals surface area (Å²) in [5.41, 5.74) is 3.18.